The minimum Gasteiger partial charge on any atom is -0.378 e. The number of rotatable bonds is 5. The van der Waals surface area contributed by atoms with Crippen molar-refractivity contribution in [1.29, 1.82) is 0 Å². The SMILES string of the molecule is c1ccc(CN2CCC(n3ncc4c(N5CCOCC5)nc(-c5cccc6[nH]ccc56)nc43)CC2)cc1. The van der Waals surface area contributed by atoms with Crippen LogP contribution in [-0.2, 0) is 11.3 Å². The number of hydrogen-bond acceptors (Lipinski definition) is 6. The summed E-state index contributed by atoms with van der Waals surface area (Å²) in [5.74, 6) is 1.71. The number of ether oxygens (including phenoxy) is 1. The molecule has 0 spiro atoms. The highest BCUT2D eigenvalue weighted by Gasteiger charge is 2.26. The van der Waals surface area contributed by atoms with E-state index in [1.807, 2.05) is 12.4 Å². The molecule has 0 saturated carbocycles. The molecule has 1 N–H and O–H groups in total. The van der Waals surface area contributed by atoms with Crippen molar-refractivity contribution >= 4 is 27.8 Å². The van der Waals surface area contributed by atoms with Crippen LogP contribution in [-0.4, -0.2) is 69.0 Å². The van der Waals surface area contributed by atoms with Crippen LogP contribution in [0.15, 0.2) is 67.0 Å². The van der Waals surface area contributed by atoms with E-state index in [0.29, 0.717) is 19.3 Å². The van der Waals surface area contributed by atoms with Crippen LogP contribution in [0.3, 0.4) is 0 Å². The van der Waals surface area contributed by atoms with Gasteiger partial charge in [0.15, 0.2) is 11.5 Å². The average Bonchev–Trinajstić information content (AvgIpc) is 3.61. The molecular weight excluding hydrogens is 462 g/mol. The van der Waals surface area contributed by atoms with Gasteiger partial charge in [-0.05, 0) is 30.5 Å². The van der Waals surface area contributed by atoms with Crippen molar-refractivity contribution < 1.29 is 4.74 Å². The second-order valence-corrected chi connectivity index (χ2v) is 10.0. The Hall–Kier alpha value is -3.75. The summed E-state index contributed by atoms with van der Waals surface area (Å²) >= 11 is 0. The topological polar surface area (TPSA) is 75.1 Å². The van der Waals surface area contributed by atoms with Gasteiger partial charge in [0.05, 0.1) is 30.8 Å². The highest BCUT2D eigenvalue weighted by Crippen LogP contribution is 2.34. The number of fused-ring (bicyclic) bond motifs is 2. The summed E-state index contributed by atoms with van der Waals surface area (Å²) in [7, 11) is 0. The first-order chi connectivity index (χ1) is 18.3. The molecular formula is C29H31N7O. The molecule has 0 aliphatic carbocycles. The predicted molar refractivity (Wildman–Crippen MR) is 146 cm³/mol. The maximum atomic E-state index is 5.63. The van der Waals surface area contributed by atoms with Gasteiger partial charge < -0.3 is 14.6 Å². The summed E-state index contributed by atoms with van der Waals surface area (Å²) in [6, 6.07) is 19.4. The van der Waals surface area contributed by atoms with E-state index < -0.39 is 0 Å². The van der Waals surface area contributed by atoms with Crippen LogP contribution < -0.4 is 4.90 Å². The zero-order valence-electron chi connectivity index (χ0n) is 20.9. The Balaban J connectivity index is 1.25. The summed E-state index contributed by atoms with van der Waals surface area (Å²) in [5.41, 5.74) is 4.44. The minimum atomic E-state index is 0.327. The van der Waals surface area contributed by atoms with Gasteiger partial charge in [0.25, 0.3) is 0 Å². The number of hydrogen-bond donors (Lipinski definition) is 1. The molecule has 0 radical (unpaired) electrons. The van der Waals surface area contributed by atoms with Crippen molar-refractivity contribution in [1.82, 2.24) is 29.6 Å². The predicted octanol–water partition coefficient (Wildman–Crippen LogP) is 4.65. The number of aromatic nitrogens is 5. The summed E-state index contributed by atoms with van der Waals surface area (Å²) in [6.07, 6.45) is 6.06. The Kier molecular flexibility index (Phi) is 5.83. The average molecular weight is 494 g/mol. The Bertz CT molecular complexity index is 1510. The first-order valence-electron chi connectivity index (χ1n) is 13.2. The van der Waals surface area contributed by atoms with E-state index in [0.717, 1.165) is 84.7 Å². The molecule has 8 nitrogen and oxygen atoms in total. The number of benzene rings is 2. The maximum Gasteiger partial charge on any atom is 0.164 e. The van der Waals surface area contributed by atoms with Crippen LogP contribution in [0.2, 0.25) is 0 Å². The molecule has 5 heterocycles. The molecule has 8 heteroatoms. The Labute approximate surface area is 215 Å². The third-order valence-corrected chi connectivity index (χ3v) is 7.73. The van der Waals surface area contributed by atoms with Crippen LogP contribution in [0, 0.1) is 0 Å². The first kappa shape index (κ1) is 22.4. The standard InChI is InChI=1S/C29H31N7O/c1-2-5-21(6-3-1)20-34-13-10-22(11-14-34)36-29-25(19-31-36)28(35-15-17-37-18-16-35)32-27(33-29)24-7-4-8-26-23(24)9-12-30-26/h1-9,12,19,22,30H,10-11,13-18,20H2. The number of aromatic amines is 1. The molecule has 0 amide bonds. The second-order valence-electron chi connectivity index (χ2n) is 10.0. The number of anilines is 1. The van der Waals surface area contributed by atoms with Gasteiger partial charge in [0.2, 0.25) is 0 Å². The zero-order valence-corrected chi connectivity index (χ0v) is 20.9. The van der Waals surface area contributed by atoms with Crippen LogP contribution in [0.5, 0.6) is 0 Å². The number of H-pyrrole nitrogens is 1. The molecule has 0 unspecified atom stereocenters. The zero-order chi connectivity index (χ0) is 24.6. The molecule has 2 fully saturated rings. The molecule has 5 aromatic rings. The fourth-order valence-electron chi connectivity index (χ4n) is 5.76. The van der Waals surface area contributed by atoms with E-state index in [4.69, 9.17) is 19.8 Å². The van der Waals surface area contributed by atoms with Gasteiger partial charge in [-0.2, -0.15) is 5.10 Å². The molecule has 2 saturated heterocycles. The highest BCUT2D eigenvalue weighted by molar-refractivity contribution is 5.96. The van der Waals surface area contributed by atoms with Crippen molar-refractivity contribution in [2.24, 2.45) is 0 Å². The largest absolute Gasteiger partial charge is 0.378 e. The van der Waals surface area contributed by atoms with E-state index >= 15 is 0 Å². The number of likely N-dealkylation sites (tertiary alicyclic amines) is 1. The molecule has 7 rings (SSSR count). The molecule has 2 aliphatic heterocycles. The molecule has 37 heavy (non-hydrogen) atoms. The van der Waals surface area contributed by atoms with Crippen LogP contribution in [0.1, 0.15) is 24.4 Å². The highest BCUT2D eigenvalue weighted by atomic mass is 16.5. The number of nitrogens with one attached hydrogen (secondary N) is 1. The third-order valence-electron chi connectivity index (χ3n) is 7.73. The van der Waals surface area contributed by atoms with E-state index in [-0.39, 0.29) is 0 Å². The smallest absolute Gasteiger partial charge is 0.164 e. The number of nitrogens with zero attached hydrogens (tertiary/aromatic N) is 6. The van der Waals surface area contributed by atoms with Crippen molar-refractivity contribution in [2.45, 2.75) is 25.4 Å². The van der Waals surface area contributed by atoms with Gasteiger partial charge in [0.1, 0.15) is 5.82 Å². The lowest BCUT2D eigenvalue weighted by Gasteiger charge is -2.32. The first-order valence-corrected chi connectivity index (χ1v) is 13.2. The van der Waals surface area contributed by atoms with Crippen molar-refractivity contribution in [3.05, 3.63) is 72.6 Å². The summed E-state index contributed by atoms with van der Waals surface area (Å²) < 4.78 is 7.80. The third kappa shape index (κ3) is 4.26. The Morgan fingerprint density at radius 2 is 1.70 bits per heavy atom. The van der Waals surface area contributed by atoms with Crippen LogP contribution in [0.4, 0.5) is 5.82 Å². The van der Waals surface area contributed by atoms with Gasteiger partial charge in [-0.3, -0.25) is 4.90 Å². The van der Waals surface area contributed by atoms with E-state index in [1.165, 1.54) is 5.56 Å². The lowest BCUT2D eigenvalue weighted by atomic mass is 10.0. The molecule has 0 bridgehead atoms. The Morgan fingerprint density at radius 1 is 0.865 bits per heavy atom. The number of morpholine rings is 1. The molecule has 2 aliphatic rings. The van der Waals surface area contributed by atoms with Gasteiger partial charge in [-0.25, -0.2) is 14.6 Å². The maximum absolute atomic E-state index is 5.63. The fraction of sp³-hybridized carbons (Fsp3) is 0.345. The lowest BCUT2D eigenvalue weighted by Crippen LogP contribution is -2.37. The lowest BCUT2D eigenvalue weighted by molar-refractivity contribution is 0.122. The van der Waals surface area contributed by atoms with Gasteiger partial charge >= 0.3 is 0 Å². The summed E-state index contributed by atoms with van der Waals surface area (Å²) in [5, 5.41) is 7.06. The van der Waals surface area contributed by atoms with Gasteiger partial charge in [-0.15, -0.1) is 0 Å². The second kappa shape index (κ2) is 9.61. The van der Waals surface area contributed by atoms with Crippen LogP contribution in [0.25, 0.3) is 33.3 Å². The molecule has 3 aromatic heterocycles. The number of piperidine rings is 1. The normalized spacial score (nSPS) is 17.7. The Morgan fingerprint density at radius 3 is 2.54 bits per heavy atom. The molecule has 188 valence electrons. The minimum absolute atomic E-state index is 0.327. The quantitative estimate of drug-likeness (QED) is 0.384. The van der Waals surface area contributed by atoms with Gasteiger partial charge in [-0.1, -0.05) is 42.5 Å². The molecule has 2 aromatic carbocycles. The van der Waals surface area contributed by atoms with E-state index in [9.17, 15) is 0 Å². The summed E-state index contributed by atoms with van der Waals surface area (Å²) in [4.78, 5) is 18.5. The van der Waals surface area contributed by atoms with E-state index in [1.54, 1.807) is 0 Å². The van der Waals surface area contributed by atoms with Crippen molar-refractivity contribution in [2.75, 3.05) is 44.3 Å². The van der Waals surface area contributed by atoms with Gasteiger partial charge in [0, 0.05) is 55.4 Å². The molecule has 0 atom stereocenters. The summed E-state index contributed by atoms with van der Waals surface area (Å²) in [6.45, 7) is 6.17. The van der Waals surface area contributed by atoms with Crippen LogP contribution >= 0.6 is 0 Å². The van der Waals surface area contributed by atoms with E-state index in [2.05, 4.69) is 74.1 Å². The van der Waals surface area contributed by atoms with Crippen molar-refractivity contribution in [3.8, 4) is 11.4 Å². The monoisotopic (exact) mass is 493 g/mol. The fourth-order valence-corrected chi connectivity index (χ4v) is 5.76. The van der Waals surface area contributed by atoms with Crippen molar-refractivity contribution in [3.63, 3.8) is 0 Å².